The molecule has 1 aliphatic rings. The van der Waals surface area contributed by atoms with Gasteiger partial charge >= 0.3 is 0 Å². The van der Waals surface area contributed by atoms with Crippen molar-refractivity contribution in [3.05, 3.63) is 60.7 Å². The smallest absolute Gasteiger partial charge is 0.267 e. The molecule has 0 radical (unpaired) electrons. The lowest BCUT2D eigenvalue weighted by Crippen LogP contribution is -2.18. The standard InChI is InChI=1S/C16H12Cl4N2O4S3/c17-9-3-4-15(12(20)6-9)28(23,24)21-13-7-10(18)11(19)8-14(13)22-29(25,26)16-2-1-5-27-16/h2-4,6-8,21-22H,1,5H2. The Balaban J connectivity index is 2.02. The highest BCUT2D eigenvalue weighted by molar-refractivity contribution is 8.19. The first-order valence-corrected chi connectivity index (χ1v) is 13.3. The van der Waals surface area contributed by atoms with Gasteiger partial charge in [0, 0.05) is 10.8 Å². The molecule has 156 valence electrons. The summed E-state index contributed by atoms with van der Waals surface area (Å²) in [7, 11) is -8.09. The molecule has 29 heavy (non-hydrogen) atoms. The fraction of sp³-hybridized carbons (Fsp3) is 0.125. The number of nitrogens with one attached hydrogen (secondary N) is 2. The maximum atomic E-state index is 12.8. The molecule has 0 bridgehead atoms. The lowest BCUT2D eigenvalue weighted by Gasteiger charge is -2.16. The zero-order valence-electron chi connectivity index (χ0n) is 14.2. The molecule has 2 N–H and O–H groups in total. The van der Waals surface area contributed by atoms with Crippen molar-refractivity contribution in [3.63, 3.8) is 0 Å². The van der Waals surface area contributed by atoms with E-state index in [2.05, 4.69) is 9.44 Å². The van der Waals surface area contributed by atoms with Crippen LogP contribution in [0.5, 0.6) is 0 Å². The zero-order chi connectivity index (χ0) is 21.4. The molecule has 3 rings (SSSR count). The second-order valence-corrected chi connectivity index (χ2v) is 12.1. The van der Waals surface area contributed by atoms with Crippen molar-refractivity contribution in [1.82, 2.24) is 0 Å². The molecular formula is C16H12Cl4N2O4S3. The zero-order valence-corrected chi connectivity index (χ0v) is 19.7. The predicted octanol–water partition coefficient (Wildman–Crippen LogP) is 5.82. The lowest BCUT2D eigenvalue weighted by atomic mass is 10.3. The highest BCUT2D eigenvalue weighted by atomic mass is 35.5. The molecule has 0 unspecified atom stereocenters. The third kappa shape index (κ3) is 5.28. The average molecular weight is 534 g/mol. The van der Waals surface area contributed by atoms with Crippen LogP contribution in [0.15, 0.2) is 45.5 Å². The number of hydrogen-bond donors (Lipinski definition) is 2. The molecule has 0 fully saturated rings. The van der Waals surface area contributed by atoms with Crippen LogP contribution in [-0.2, 0) is 20.0 Å². The number of thioether (sulfide) groups is 1. The second kappa shape index (κ2) is 8.74. The second-order valence-electron chi connectivity index (χ2n) is 5.76. The fourth-order valence-corrected chi connectivity index (χ4v) is 7.12. The predicted molar refractivity (Wildman–Crippen MR) is 121 cm³/mol. The Morgan fingerprint density at radius 2 is 1.38 bits per heavy atom. The minimum atomic E-state index is -4.18. The van der Waals surface area contributed by atoms with E-state index in [4.69, 9.17) is 46.4 Å². The summed E-state index contributed by atoms with van der Waals surface area (Å²) in [6.45, 7) is 0. The molecule has 2 aromatic rings. The maximum Gasteiger partial charge on any atom is 0.267 e. The number of halogens is 4. The van der Waals surface area contributed by atoms with Gasteiger partial charge in [0.05, 0.1) is 26.4 Å². The summed E-state index contributed by atoms with van der Waals surface area (Å²) in [4.78, 5) is -0.238. The Kier molecular flexibility index (Phi) is 6.89. The molecule has 0 aromatic heterocycles. The van der Waals surface area contributed by atoms with E-state index in [0.29, 0.717) is 12.2 Å². The summed E-state index contributed by atoms with van der Waals surface area (Å²) in [5, 5.41) is 0.243. The molecule has 0 saturated heterocycles. The van der Waals surface area contributed by atoms with Crippen LogP contribution in [-0.4, -0.2) is 22.6 Å². The molecule has 0 spiro atoms. The minimum absolute atomic E-state index is 0.0315. The van der Waals surface area contributed by atoms with Crippen molar-refractivity contribution in [2.75, 3.05) is 15.2 Å². The first kappa shape index (κ1) is 22.9. The summed E-state index contributed by atoms with van der Waals surface area (Å²) < 4.78 is 55.6. The largest absolute Gasteiger partial charge is 0.277 e. The average Bonchev–Trinajstić information content (AvgIpc) is 3.14. The van der Waals surface area contributed by atoms with Crippen molar-refractivity contribution in [2.24, 2.45) is 0 Å². The number of hydrogen-bond acceptors (Lipinski definition) is 5. The van der Waals surface area contributed by atoms with Crippen LogP contribution >= 0.6 is 58.2 Å². The Bertz CT molecular complexity index is 1210. The minimum Gasteiger partial charge on any atom is -0.277 e. The first-order valence-electron chi connectivity index (χ1n) is 7.82. The quantitative estimate of drug-likeness (QED) is 0.488. The Morgan fingerprint density at radius 3 is 1.90 bits per heavy atom. The van der Waals surface area contributed by atoms with Gasteiger partial charge in [-0.1, -0.05) is 52.5 Å². The Hall–Kier alpha value is -0.810. The SMILES string of the molecule is O=S(=O)(Nc1cc(Cl)c(Cl)cc1NS(=O)(=O)c1ccc(Cl)cc1Cl)C1=CCCS1. The van der Waals surface area contributed by atoms with Gasteiger partial charge < -0.3 is 0 Å². The van der Waals surface area contributed by atoms with E-state index in [-0.39, 0.29) is 40.6 Å². The van der Waals surface area contributed by atoms with Gasteiger partial charge in [-0.2, -0.15) is 0 Å². The van der Waals surface area contributed by atoms with Crippen molar-refractivity contribution in [1.29, 1.82) is 0 Å². The van der Waals surface area contributed by atoms with E-state index in [1.54, 1.807) is 6.08 Å². The molecule has 1 heterocycles. The molecule has 6 nitrogen and oxygen atoms in total. The van der Waals surface area contributed by atoms with Crippen molar-refractivity contribution < 1.29 is 16.8 Å². The van der Waals surface area contributed by atoms with E-state index in [9.17, 15) is 16.8 Å². The molecule has 0 amide bonds. The van der Waals surface area contributed by atoms with E-state index in [1.165, 1.54) is 42.1 Å². The van der Waals surface area contributed by atoms with Gasteiger partial charge in [0.15, 0.2) is 0 Å². The van der Waals surface area contributed by atoms with Gasteiger partial charge in [-0.3, -0.25) is 9.44 Å². The van der Waals surface area contributed by atoms with Gasteiger partial charge in [-0.25, -0.2) is 16.8 Å². The van der Waals surface area contributed by atoms with E-state index >= 15 is 0 Å². The van der Waals surface area contributed by atoms with Crippen LogP contribution in [0.3, 0.4) is 0 Å². The third-order valence-corrected chi connectivity index (χ3v) is 9.56. The van der Waals surface area contributed by atoms with Crippen LogP contribution in [0.25, 0.3) is 0 Å². The highest BCUT2D eigenvalue weighted by Gasteiger charge is 2.25. The summed E-state index contributed by atoms with van der Waals surface area (Å²) >= 11 is 25.0. The van der Waals surface area contributed by atoms with Crippen molar-refractivity contribution >= 4 is 89.6 Å². The van der Waals surface area contributed by atoms with Gasteiger partial charge in [0.2, 0.25) is 0 Å². The van der Waals surface area contributed by atoms with E-state index in [0.717, 1.165) is 0 Å². The van der Waals surface area contributed by atoms with Crippen molar-refractivity contribution in [2.45, 2.75) is 11.3 Å². The lowest BCUT2D eigenvalue weighted by molar-refractivity contribution is 0.600. The molecule has 0 atom stereocenters. The Morgan fingerprint density at radius 1 is 0.793 bits per heavy atom. The molecule has 0 aliphatic carbocycles. The number of anilines is 2. The van der Waals surface area contributed by atoms with Crippen LogP contribution in [0, 0.1) is 0 Å². The van der Waals surface area contributed by atoms with E-state index in [1.807, 2.05) is 0 Å². The summed E-state index contributed by atoms with van der Waals surface area (Å²) in [6, 6.07) is 6.31. The van der Waals surface area contributed by atoms with Crippen molar-refractivity contribution in [3.8, 4) is 0 Å². The normalized spacial score (nSPS) is 14.6. The van der Waals surface area contributed by atoms with Crippen LogP contribution in [0.1, 0.15) is 6.42 Å². The third-order valence-electron chi connectivity index (χ3n) is 3.67. The van der Waals surface area contributed by atoms with Crippen LogP contribution < -0.4 is 9.44 Å². The number of benzene rings is 2. The summed E-state index contributed by atoms with van der Waals surface area (Å²) in [5.41, 5.74) is -0.195. The number of allylic oxidation sites excluding steroid dienone is 1. The fourth-order valence-electron chi connectivity index (χ4n) is 2.39. The van der Waals surface area contributed by atoms with Crippen LogP contribution in [0.4, 0.5) is 11.4 Å². The molecule has 2 aromatic carbocycles. The van der Waals surface area contributed by atoms with E-state index < -0.39 is 20.0 Å². The van der Waals surface area contributed by atoms with Crippen LogP contribution in [0.2, 0.25) is 20.1 Å². The molecule has 1 aliphatic heterocycles. The highest BCUT2D eigenvalue weighted by Crippen LogP contribution is 2.38. The number of rotatable bonds is 6. The number of sulfonamides is 2. The molecule has 0 saturated carbocycles. The van der Waals surface area contributed by atoms with Gasteiger partial charge in [0.25, 0.3) is 20.0 Å². The maximum absolute atomic E-state index is 12.8. The first-order chi connectivity index (χ1) is 13.5. The topological polar surface area (TPSA) is 92.3 Å². The molecular weight excluding hydrogens is 522 g/mol. The van der Waals surface area contributed by atoms with Gasteiger partial charge in [0.1, 0.15) is 9.13 Å². The van der Waals surface area contributed by atoms with Gasteiger partial charge in [-0.05, 0) is 36.8 Å². The molecule has 13 heteroatoms. The summed E-state index contributed by atoms with van der Waals surface area (Å²) in [5.74, 6) is 0.645. The summed E-state index contributed by atoms with van der Waals surface area (Å²) in [6.07, 6.45) is 2.21. The Labute approximate surface area is 192 Å². The van der Waals surface area contributed by atoms with Gasteiger partial charge in [-0.15, -0.1) is 11.8 Å². The monoisotopic (exact) mass is 532 g/mol.